The van der Waals surface area contributed by atoms with Gasteiger partial charge in [-0.1, -0.05) is 324 Å². The lowest BCUT2D eigenvalue weighted by molar-refractivity contribution is -0.161. The largest absolute Gasteiger partial charge is 0.472 e. The third-order valence-electron chi connectivity index (χ3n) is 17.3. The Morgan fingerprint density at radius 3 is 0.826 bits per heavy atom. The molecule has 0 heterocycles. The van der Waals surface area contributed by atoms with E-state index in [0.717, 1.165) is 102 Å². The summed E-state index contributed by atoms with van der Waals surface area (Å²) in [5.74, 6) is -0.556. The summed E-state index contributed by atoms with van der Waals surface area (Å²) in [5, 5.41) is 10.6. The summed E-state index contributed by atoms with van der Waals surface area (Å²) in [4.78, 5) is 72.6. The predicted octanol–water partition coefficient (Wildman–Crippen LogP) is 21.2. The second kappa shape index (κ2) is 65.0. The minimum absolute atomic E-state index is 0.105. The molecule has 0 aromatic carbocycles. The van der Waals surface area contributed by atoms with Gasteiger partial charge in [0.2, 0.25) is 0 Å². The van der Waals surface area contributed by atoms with Crippen molar-refractivity contribution >= 4 is 39.5 Å². The van der Waals surface area contributed by atoms with Crippen molar-refractivity contribution in [2.45, 2.75) is 394 Å². The van der Waals surface area contributed by atoms with Crippen LogP contribution in [0.5, 0.6) is 0 Å². The van der Waals surface area contributed by atoms with Crippen LogP contribution in [0.15, 0.2) is 0 Å². The van der Waals surface area contributed by atoms with Crippen LogP contribution < -0.4 is 0 Å². The molecule has 0 fully saturated rings. The van der Waals surface area contributed by atoms with E-state index in [-0.39, 0.29) is 25.7 Å². The summed E-state index contributed by atoms with van der Waals surface area (Å²) in [6.45, 7) is 9.58. The van der Waals surface area contributed by atoms with Crippen LogP contribution >= 0.6 is 15.6 Å². The standard InChI is InChI=1S/C73H142O17P2/c1-7-10-12-14-16-18-20-23-27-31-38-44-50-56-71(76)84-61-68(89-72(77)57-51-45-39-32-28-25-22-21-24-26-29-36-42-48-54-66(6)9-3)63-87-91(79,80)85-59-67(74)60-86-92(81,82)88-64-69(62-83-70(75)55-49-43-37-30-19-17-15-13-11-8-2)90-73(78)58-52-46-40-34-33-35-41-47-53-65(4)5/h65-69,74H,7-64H2,1-6H3,(H,79,80)(H,81,82)/t66?,67-,68-,69-/m1/s1. The molecule has 0 radical (unpaired) electrons. The van der Waals surface area contributed by atoms with Crippen LogP contribution in [0.1, 0.15) is 375 Å². The molecule has 0 aliphatic rings. The molecule has 3 N–H and O–H groups in total. The fourth-order valence-electron chi connectivity index (χ4n) is 11.1. The normalized spacial score (nSPS) is 14.4. The predicted molar refractivity (Wildman–Crippen MR) is 372 cm³/mol. The Labute approximate surface area is 562 Å². The first-order valence-electron chi connectivity index (χ1n) is 38.0. The molecule has 0 saturated carbocycles. The van der Waals surface area contributed by atoms with E-state index in [1.807, 2.05) is 0 Å². The van der Waals surface area contributed by atoms with E-state index in [0.29, 0.717) is 25.7 Å². The van der Waals surface area contributed by atoms with Crippen LogP contribution in [0.4, 0.5) is 0 Å². The fourth-order valence-corrected chi connectivity index (χ4v) is 12.7. The molecular formula is C73H142O17P2. The number of carbonyl (C=O) groups is 4. The minimum atomic E-state index is -4.95. The highest BCUT2D eigenvalue weighted by atomic mass is 31.2. The molecule has 17 nitrogen and oxygen atoms in total. The van der Waals surface area contributed by atoms with Crippen molar-refractivity contribution < 1.29 is 80.2 Å². The first kappa shape index (κ1) is 90.1. The van der Waals surface area contributed by atoms with Crippen molar-refractivity contribution in [3.05, 3.63) is 0 Å². The van der Waals surface area contributed by atoms with Crippen molar-refractivity contribution in [3.63, 3.8) is 0 Å². The topological polar surface area (TPSA) is 237 Å². The zero-order valence-corrected chi connectivity index (χ0v) is 61.6. The summed E-state index contributed by atoms with van der Waals surface area (Å²) in [7, 11) is -9.90. The first-order valence-corrected chi connectivity index (χ1v) is 41.0. The van der Waals surface area contributed by atoms with Gasteiger partial charge in [0.05, 0.1) is 26.4 Å². The van der Waals surface area contributed by atoms with Crippen LogP contribution in [0.3, 0.4) is 0 Å². The van der Waals surface area contributed by atoms with E-state index < -0.39 is 97.5 Å². The number of phosphoric ester groups is 2. The Morgan fingerprint density at radius 1 is 0.315 bits per heavy atom. The van der Waals surface area contributed by atoms with Gasteiger partial charge in [-0.05, 0) is 37.5 Å². The number of rotatable bonds is 72. The molecule has 19 heteroatoms. The summed E-state index contributed by atoms with van der Waals surface area (Å²) in [6.07, 6.45) is 51.2. The van der Waals surface area contributed by atoms with Crippen molar-refractivity contribution in [1.82, 2.24) is 0 Å². The number of unbranched alkanes of at least 4 members (excludes halogenated alkanes) is 41. The second-order valence-electron chi connectivity index (χ2n) is 27.1. The van der Waals surface area contributed by atoms with E-state index in [4.69, 9.17) is 37.0 Å². The van der Waals surface area contributed by atoms with Crippen LogP contribution in [0.2, 0.25) is 0 Å². The SMILES string of the molecule is CCCCCCCCCCCCCCCC(=O)OC[C@H](COP(=O)(O)OC[C@@H](O)COP(=O)(O)OC[C@@H](COC(=O)CCCCCCCCCCCC)OC(=O)CCCCCCCCCCC(C)C)OC(=O)CCCCCCCCCCCCCCCCC(C)CC. The third-order valence-corrected chi connectivity index (χ3v) is 19.2. The third kappa shape index (κ3) is 65.4. The summed E-state index contributed by atoms with van der Waals surface area (Å²) in [5.41, 5.74) is 0. The van der Waals surface area contributed by atoms with Crippen LogP contribution in [-0.2, 0) is 65.4 Å². The molecule has 546 valence electrons. The zero-order chi connectivity index (χ0) is 67.9. The number of esters is 4. The fraction of sp³-hybridized carbons (Fsp3) is 0.945. The summed E-state index contributed by atoms with van der Waals surface area (Å²) in [6, 6.07) is 0. The van der Waals surface area contributed by atoms with Crippen molar-refractivity contribution in [3.8, 4) is 0 Å². The molecule has 0 aliphatic carbocycles. The van der Waals surface area contributed by atoms with Crippen molar-refractivity contribution in [1.29, 1.82) is 0 Å². The Kier molecular flexibility index (Phi) is 63.7. The zero-order valence-electron chi connectivity index (χ0n) is 59.9. The van der Waals surface area contributed by atoms with Gasteiger partial charge in [0, 0.05) is 25.7 Å². The maximum atomic E-state index is 13.1. The van der Waals surface area contributed by atoms with E-state index in [9.17, 15) is 43.2 Å². The lowest BCUT2D eigenvalue weighted by Gasteiger charge is -2.21. The van der Waals surface area contributed by atoms with Gasteiger partial charge in [0.25, 0.3) is 0 Å². The van der Waals surface area contributed by atoms with Crippen molar-refractivity contribution in [2.75, 3.05) is 39.6 Å². The highest BCUT2D eigenvalue weighted by Gasteiger charge is 2.30. The molecule has 3 unspecified atom stereocenters. The lowest BCUT2D eigenvalue weighted by Crippen LogP contribution is -2.30. The van der Waals surface area contributed by atoms with E-state index in [1.165, 1.54) is 193 Å². The molecule has 0 aromatic heterocycles. The van der Waals surface area contributed by atoms with Gasteiger partial charge >= 0.3 is 39.5 Å². The number of hydrogen-bond donors (Lipinski definition) is 3. The molecule has 0 bridgehead atoms. The molecule has 0 rings (SSSR count). The van der Waals surface area contributed by atoms with Gasteiger partial charge in [0.15, 0.2) is 12.2 Å². The summed E-state index contributed by atoms with van der Waals surface area (Å²) < 4.78 is 68.4. The van der Waals surface area contributed by atoms with Crippen LogP contribution in [0, 0.1) is 11.8 Å². The Balaban J connectivity index is 5.23. The van der Waals surface area contributed by atoms with Crippen LogP contribution in [-0.4, -0.2) is 96.7 Å². The Hall–Kier alpha value is -1.94. The first-order chi connectivity index (χ1) is 44.4. The molecule has 92 heavy (non-hydrogen) atoms. The van der Waals surface area contributed by atoms with Gasteiger partial charge < -0.3 is 33.8 Å². The van der Waals surface area contributed by atoms with Gasteiger partial charge in [-0.15, -0.1) is 0 Å². The number of carbonyl (C=O) groups excluding carboxylic acids is 4. The molecule has 6 atom stereocenters. The van der Waals surface area contributed by atoms with E-state index >= 15 is 0 Å². The molecule has 0 aromatic rings. The Bertz CT molecular complexity index is 1790. The number of ether oxygens (including phenoxy) is 4. The molecular weight excluding hydrogens is 1210 g/mol. The Morgan fingerprint density at radius 2 is 0.554 bits per heavy atom. The number of aliphatic hydroxyl groups excluding tert-OH is 1. The molecule has 0 saturated heterocycles. The average molecular weight is 1350 g/mol. The van der Waals surface area contributed by atoms with E-state index in [2.05, 4.69) is 41.5 Å². The minimum Gasteiger partial charge on any atom is -0.462 e. The second-order valence-corrected chi connectivity index (χ2v) is 30.0. The quantitative estimate of drug-likeness (QED) is 0.0222. The van der Waals surface area contributed by atoms with Gasteiger partial charge in [-0.3, -0.25) is 37.3 Å². The van der Waals surface area contributed by atoms with E-state index in [1.54, 1.807) is 0 Å². The van der Waals surface area contributed by atoms with Gasteiger partial charge in [-0.25, -0.2) is 9.13 Å². The lowest BCUT2D eigenvalue weighted by atomic mass is 9.99. The van der Waals surface area contributed by atoms with Crippen LogP contribution in [0.25, 0.3) is 0 Å². The van der Waals surface area contributed by atoms with Gasteiger partial charge in [0.1, 0.15) is 19.3 Å². The maximum Gasteiger partial charge on any atom is 0.472 e. The molecule has 0 spiro atoms. The molecule has 0 amide bonds. The van der Waals surface area contributed by atoms with Gasteiger partial charge in [-0.2, -0.15) is 0 Å². The smallest absolute Gasteiger partial charge is 0.462 e. The highest BCUT2D eigenvalue weighted by Crippen LogP contribution is 2.45. The van der Waals surface area contributed by atoms with Crippen molar-refractivity contribution in [2.24, 2.45) is 11.8 Å². The highest BCUT2D eigenvalue weighted by molar-refractivity contribution is 7.47. The maximum absolute atomic E-state index is 13.1. The number of aliphatic hydroxyl groups is 1. The number of hydrogen-bond acceptors (Lipinski definition) is 15. The number of phosphoric acid groups is 2. The molecule has 0 aliphatic heterocycles. The summed E-state index contributed by atoms with van der Waals surface area (Å²) >= 11 is 0. The monoisotopic (exact) mass is 1350 g/mol. The average Bonchev–Trinajstić information content (AvgIpc) is 3.00.